The van der Waals surface area contributed by atoms with E-state index in [1.54, 1.807) is 6.92 Å². The van der Waals surface area contributed by atoms with E-state index in [0.29, 0.717) is 24.0 Å². The van der Waals surface area contributed by atoms with E-state index in [4.69, 9.17) is 25.6 Å². The van der Waals surface area contributed by atoms with Crippen LogP contribution in [-0.4, -0.2) is 52.8 Å². The second-order valence-corrected chi connectivity index (χ2v) is 13.2. The molecular formula is C36H32ClN3O7. The van der Waals surface area contributed by atoms with Gasteiger partial charge in [-0.2, -0.15) is 0 Å². The number of rotatable bonds is 8. The molecule has 1 saturated carbocycles. The first-order valence-electron chi connectivity index (χ1n) is 15.4. The number of halogens is 1. The molecule has 7 rings (SSSR count). The van der Waals surface area contributed by atoms with Gasteiger partial charge in [-0.25, -0.2) is 4.98 Å². The standard InChI is InChI=1S/C36H32ClN3O7/c1-36-23(28(40(2)3)31-27(33(36)44)35(39-47-31)46-18-20-12-8-5-9-13-20)15-21-14-22-26(29(42)25(21)32(36)43)30(24(16-41)38-34(22)37)45-17-19-10-6-4-7-11-19/h4-13,16,21,23,25,28H,14-15,17-18H2,1-3H3. The van der Waals surface area contributed by atoms with Crippen molar-refractivity contribution < 1.29 is 33.2 Å². The minimum atomic E-state index is -1.58. The number of hydrogen-bond acceptors (Lipinski definition) is 10. The minimum absolute atomic E-state index is 0.00848. The van der Waals surface area contributed by atoms with Crippen molar-refractivity contribution in [2.24, 2.45) is 23.2 Å². The first kappa shape index (κ1) is 31.0. The highest BCUT2D eigenvalue weighted by Crippen LogP contribution is 2.59. The zero-order valence-electron chi connectivity index (χ0n) is 26.1. The molecule has 3 aliphatic rings. The van der Waals surface area contributed by atoms with Crippen LogP contribution in [0.15, 0.2) is 65.2 Å². The van der Waals surface area contributed by atoms with E-state index in [-0.39, 0.29) is 53.2 Å². The molecule has 0 spiro atoms. The highest BCUT2D eigenvalue weighted by atomic mass is 35.5. The number of ether oxygens (including phenoxy) is 2. The largest absolute Gasteiger partial charge is 0.486 e. The van der Waals surface area contributed by atoms with Crippen molar-refractivity contribution in [3.63, 3.8) is 0 Å². The summed E-state index contributed by atoms with van der Waals surface area (Å²) in [6, 6.07) is 18.2. The summed E-state index contributed by atoms with van der Waals surface area (Å²) in [5.74, 6) is -3.28. The predicted octanol–water partition coefficient (Wildman–Crippen LogP) is 5.76. The average molecular weight is 654 g/mol. The highest BCUT2D eigenvalue weighted by Gasteiger charge is 2.65. The van der Waals surface area contributed by atoms with E-state index in [1.807, 2.05) is 79.7 Å². The number of aldehydes is 1. The van der Waals surface area contributed by atoms with Gasteiger partial charge in [0.1, 0.15) is 29.6 Å². The Morgan fingerprint density at radius 3 is 2.23 bits per heavy atom. The Labute approximate surface area is 276 Å². The molecule has 0 bridgehead atoms. The van der Waals surface area contributed by atoms with Crippen LogP contribution < -0.4 is 9.47 Å². The molecule has 0 saturated heterocycles. The quantitative estimate of drug-likeness (QED) is 0.131. The molecule has 0 radical (unpaired) electrons. The molecule has 11 heteroatoms. The lowest BCUT2D eigenvalue weighted by molar-refractivity contribution is -0.140. The molecule has 47 heavy (non-hydrogen) atoms. The van der Waals surface area contributed by atoms with E-state index < -0.39 is 46.6 Å². The number of hydrogen-bond donors (Lipinski definition) is 0. The molecule has 3 aliphatic carbocycles. The van der Waals surface area contributed by atoms with Crippen molar-refractivity contribution >= 4 is 35.2 Å². The summed E-state index contributed by atoms with van der Waals surface area (Å²) in [6.45, 7) is 1.84. The summed E-state index contributed by atoms with van der Waals surface area (Å²) in [5.41, 5.74) is 0.610. The minimum Gasteiger partial charge on any atom is -0.486 e. The number of aromatic nitrogens is 2. The van der Waals surface area contributed by atoms with Crippen molar-refractivity contribution in [1.82, 2.24) is 15.0 Å². The summed E-state index contributed by atoms with van der Waals surface area (Å²) < 4.78 is 17.9. The molecule has 10 nitrogen and oxygen atoms in total. The van der Waals surface area contributed by atoms with Crippen LogP contribution in [0.2, 0.25) is 5.15 Å². The van der Waals surface area contributed by atoms with E-state index in [0.717, 1.165) is 11.1 Å². The second-order valence-electron chi connectivity index (χ2n) is 12.8. The Hall–Kier alpha value is -4.67. The molecule has 0 aliphatic heterocycles. The first-order valence-corrected chi connectivity index (χ1v) is 15.8. The van der Waals surface area contributed by atoms with Crippen LogP contribution in [0.4, 0.5) is 0 Å². The van der Waals surface area contributed by atoms with Gasteiger partial charge in [-0.05, 0) is 56.1 Å². The molecule has 5 unspecified atom stereocenters. The topological polar surface area (TPSA) is 129 Å². The fourth-order valence-electron chi connectivity index (χ4n) is 7.65. The van der Waals surface area contributed by atoms with Crippen molar-refractivity contribution in [1.29, 1.82) is 0 Å². The maximum atomic E-state index is 14.8. The SMILES string of the molecule is CN(C)C1c2onc(OCc3ccccc3)c2C(=O)C2(C)C(=O)C3C(=O)c4c(c(Cl)nc(C=O)c4OCc4ccccc4)CC3CC12. The van der Waals surface area contributed by atoms with Crippen molar-refractivity contribution in [2.75, 3.05) is 14.1 Å². The molecule has 2 heterocycles. The van der Waals surface area contributed by atoms with Crippen LogP contribution >= 0.6 is 11.6 Å². The van der Waals surface area contributed by atoms with E-state index in [1.165, 1.54) is 0 Å². The molecule has 0 amide bonds. The van der Waals surface area contributed by atoms with Crippen molar-refractivity contribution in [3.8, 4) is 11.6 Å². The van der Waals surface area contributed by atoms with Gasteiger partial charge in [-0.3, -0.25) is 24.1 Å². The number of pyridine rings is 1. The third-order valence-corrected chi connectivity index (χ3v) is 10.2. The number of Topliss-reactive ketones (excluding diaryl/α,β-unsaturated/α-hetero) is 3. The molecule has 1 fully saturated rings. The summed E-state index contributed by atoms with van der Waals surface area (Å²) in [5, 5.41) is 4.15. The lowest BCUT2D eigenvalue weighted by Gasteiger charge is -2.52. The normalized spacial score (nSPS) is 24.7. The van der Waals surface area contributed by atoms with Gasteiger partial charge in [0, 0.05) is 11.5 Å². The zero-order valence-corrected chi connectivity index (χ0v) is 26.8. The van der Waals surface area contributed by atoms with Gasteiger partial charge in [0.15, 0.2) is 35.1 Å². The lowest BCUT2D eigenvalue weighted by atomic mass is 9.50. The Morgan fingerprint density at radius 2 is 1.62 bits per heavy atom. The average Bonchev–Trinajstić information content (AvgIpc) is 3.49. The zero-order chi connectivity index (χ0) is 33.0. The lowest BCUT2D eigenvalue weighted by Crippen LogP contribution is -2.60. The predicted molar refractivity (Wildman–Crippen MR) is 170 cm³/mol. The molecule has 2 aromatic heterocycles. The summed E-state index contributed by atoms with van der Waals surface area (Å²) >= 11 is 6.60. The van der Waals surface area contributed by atoms with Crippen LogP contribution in [0, 0.1) is 23.2 Å². The van der Waals surface area contributed by atoms with E-state index >= 15 is 0 Å². The number of ketones is 3. The van der Waals surface area contributed by atoms with Crippen LogP contribution in [0.5, 0.6) is 11.6 Å². The van der Waals surface area contributed by atoms with E-state index in [2.05, 4.69) is 10.1 Å². The number of fused-ring (bicyclic) bond motifs is 4. The van der Waals surface area contributed by atoms with Gasteiger partial charge in [-0.15, -0.1) is 0 Å². The fourth-order valence-corrected chi connectivity index (χ4v) is 7.91. The van der Waals surface area contributed by atoms with Gasteiger partial charge in [0.2, 0.25) is 0 Å². The van der Waals surface area contributed by atoms with E-state index in [9.17, 15) is 19.2 Å². The number of carbonyl (C=O) groups excluding carboxylic acids is 4. The number of benzene rings is 2. The maximum absolute atomic E-state index is 14.8. The molecule has 2 aromatic carbocycles. The Kier molecular flexibility index (Phi) is 7.80. The number of nitrogens with zero attached hydrogens (tertiary/aromatic N) is 3. The first-order chi connectivity index (χ1) is 22.6. The van der Waals surface area contributed by atoms with Gasteiger partial charge in [0.05, 0.1) is 22.9 Å². The second kappa shape index (κ2) is 11.8. The third-order valence-electron chi connectivity index (χ3n) is 9.94. The molecule has 240 valence electrons. The molecule has 5 atom stereocenters. The summed E-state index contributed by atoms with van der Waals surface area (Å²) in [4.78, 5) is 62.1. The van der Waals surface area contributed by atoms with Crippen LogP contribution in [0.1, 0.15) is 73.0 Å². The Balaban J connectivity index is 1.28. The highest BCUT2D eigenvalue weighted by molar-refractivity contribution is 6.32. The number of carbonyl (C=O) groups is 4. The smallest absolute Gasteiger partial charge is 0.265 e. The fraction of sp³-hybridized carbons (Fsp3) is 0.333. The van der Waals surface area contributed by atoms with Crippen LogP contribution in [-0.2, 0) is 24.4 Å². The van der Waals surface area contributed by atoms with Gasteiger partial charge >= 0.3 is 0 Å². The summed E-state index contributed by atoms with van der Waals surface area (Å²) in [7, 11) is 3.71. The van der Waals surface area contributed by atoms with Crippen molar-refractivity contribution in [2.45, 2.75) is 39.0 Å². The van der Waals surface area contributed by atoms with Gasteiger partial charge < -0.3 is 14.0 Å². The van der Waals surface area contributed by atoms with Crippen LogP contribution in [0.25, 0.3) is 0 Å². The monoisotopic (exact) mass is 653 g/mol. The van der Waals surface area contributed by atoms with Gasteiger partial charge in [0.25, 0.3) is 5.88 Å². The Morgan fingerprint density at radius 1 is 0.979 bits per heavy atom. The molecular weight excluding hydrogens is 622 g/mol. The Bertz CT molecular complexity index is 1910. The maximum Gasteiger partial charge on any atom is 0.265 e. The molecule has 0 N–H and O–H groups in total. The van der Waals surface area contributed by atoms with Crippen molar-refractivity contribution in [3.05, 3.63) is 105 Å². The molecule has 4 aromatic rings. The summed E-state index contributed by atoms with van der Waals surface area (Å²) in [6.07, 6.45) is 1.10. The van der Waals surface area contributed by atoms with Crippen LogP contribution in [0.3, 0.4) is 0 Å². The third kappa shape index (κ3) is 4.89. The van der Waals surface area contributed by atoms with Gasteiger partial charge in [-0.1, -0.05) is 72.3 Å².